The standard InChI is InChI=1S/C13H13BrClNO3/c14-8-3-4-10(15)9(6-8)12(17)16-11(13(18)19)5-7-1-2-7/h3-4,6-7,11H,1-2,5H2,(H,16,17)(H,18,19). The Morgan fingerprint density at radius 2 is 2.16 bits per heavy atom. The molecule has 19 heavy (non-hydrogen) atoms. The van der Waals surface area contributed by atoms with Crippen LogP contribution in [0.25, 0.3) is 0 Å². The zero-order valence-electron chi connectivity index (χ0n) is 10.0. The van der Waals surface area contributed by atoms with Crippen molar-refractivity contribution >= 4 is 39.4 Å². The van der Waals surface area contributed by atoms with E-state index in [1.54, 1.807) is 18.2 Å². The Morgan fingerprint density at radius 1 is 1.47 bits per heavy atom. The third-order valence-electron chi connectivity index (χ3n) is 3.04. The first-order chi connectivity index (χ1) is 8.97. The number of amides is 1. The van der Waals surface area contributed by atoms with Gasteiger partial charge in [-0.15, -0.1) is 0 Å². The van der Waals surface area contributed by atoms with Crippen molar-refractivity contribution in [3.05, 3.63) is 33.3 Å². The van der Waals surface area contributed by atoms with E-state index in [-0.39, 0.29) is 5.56 Å². The average Bonchev–Trinajstić information content (AvgIpc) is 3.15. The Kier molecular flexibility index (Phi) is 4.47. The molecule has 1 aliphatic carbocycles. The third-order valence-corrected chi connectivity index (χ3v) is 3.87. The van der Waals surface area contributed by atoms with Gasteiger partial charge in [0.05, 0.1) is 10.6 Å². The van der Waals surface area contributed by atoms with Crippen LogP contribution in [0, 0.1) is 5.92 Å². The van der Waals surface area contributed by atoms with Gasteiger partial charge < -0.3 is 10.4 Å². The summed E-state index contributed by atoms with van der Waals surface area (Å²) < 4.78 is 0.719. The Labute approximate surface area is 124 Å². The molecular formula is C13H13BrClNO3. The van der Waals surface area contributed by atoms with Gasteiger partial charge in [-0.1, -0.05) is 40.4 Å². The van der Waals surface area contributed by atoms with Crippen molar-refractivity contribution in [1.82, 2.24) is 5.32 Å². The number of hydrogen-bond acceptors (Lipinski definition) is 2. The second kappa shape index (κ2) is 5.92. The molecule has 1 unspecified atom stereocenters. The number of hydrogen-bond donors (Lipinski definition) is 2. The maximum atomic E-state index is 12.1. The monoisotopic (exact) mass is 345 g/mol. The lowest BCUT2D eigenvalue weighted by molar-refractivity contribution is -0.139. The van der Waals surface area contributed by atoms with Crippen LogP contribution in [-0.2, 0) is 4.79 Å². The van der Waals surface area contributed by atoms with Gasteiger partial charge in [0.1, 0.15) is 6.04 Å². The quantitative estimate of drug-likeness (QED) is 0.861. The molecule has 0 bridgehead atoms. The van der Waals surface area contributed by atoms with Gasteiger partial charge >= 0.3 is 5.97 Å². The summed E-state index contributed by atoms with van der Waals surface area (Å²) >= 11 is 9.20. The first kappa shape index (κ1) is 14.3. The molecule has 0 spiro atoms. The number of aliphatic carboxylic acids is 1. The first-order valence-electron chi connectivity index (χ1n) is 5.96. The molecule has 1 saturated carbocycles. The van der Waals surface area contributed by atoms with Crippen molar-refractivity contribution in [3.63, 3.8) is 0 Å². The molecule has 0 heterocycles. The lowest BCUT2D eigenvalue weighted by Crippen LogP contribution is -2.41. The Bertz CT molecular complexity index is 517. The van der Waals surface area contributed by atoms with Crippen LogP contribution in [0.5, 0.6) is 0 Å². The molecule has 1 aromatic rings. The number of benzene rings is 1. The van der Waals surface area contributed by atoms with E-state index in [9.17, 15) is 9.59 Å². The Hall–Kier alpha value is -1.07. The summed E-state index contributed by atoms with van der Waals surface area (Å²) in [5, 5.41) is 11.9. The van der Waals surface area contributed by atoms with Crippen LogP contribution in [0.2, 0.25) is 5.02 Å². The predicted molar refractivity (Wildman–Crippen MR) is 75.4 cm³/mol. The summed E-state index contributed by atoms with van der Waals surface area (Å²) in [5.41, 5.74) is 0.276. The fourth-order valence-corrected chi connectivity index (χ4v) is 2.38. The van der Waals surface area contributed by atoms with Gasteiger partial charge in [0.25, 0.3) is 5.91 Å². The fraction of sp³-hybridized carbons (Fsp3) is 0.385. The molecule has 1 amide bonds. The number of carbonyl (C=O) groups is 2. The second-order valence-electron chi connectivity index (χ2n) is 4.67. The van der Waals surface area contributed by atoms with E-state index in [0.29, 0.717) is 17.4 Å². The third kappa shape index (κ3) is 3.94. The fourth-order valence-electron chi connectivity index (χ4n) is 1.82. The molecule has 0 aliphatic heterocycles. The highest BCUT2D eigenvalue weighted by Gasteiger charge is 2.30. The van der Waals surface area contributed by atoms with Gasteiger partial charge in [-0.3, -0.25) is 4.79 Å². The lowest BCUT2D eigenvalue weighted by Gasteiger charge is -2.14. The van der Waals surface area contributed by atoms with E-state index in [2.05, 4.69) is 21.2 Å². The molecule has 1 aromatic carbocycles. The number of nitrogens with one attached hydrogen (secondary N) is 1. The van der Waals surface area contributed by atoms with E-state index in [4.69, 9.17) is 16.7 Å². The number of rotatable bonds is 5. The molecule has 2 N–H and O–H groups in total. The summed E-state index contributed by atoms with van der Waals surface area (Å²) in [7, 11) is 0. The average molecular weight is 347 g/mol. The van der Waals surface area contributed by atoms with Crippen LogP contribution in [0.4, 0.5) is 0 Å². The maximum absolute atomic E-state index is 12.1. The molecule has 2 rings (SSSR count). The lowest BCUT2D eigenvalue weighted by atomic mass is 10.1. The van der Waals surface area contributed by atoms with Crippen LogP contribution in [0.3, 0.4) is 0 Å². The molecular weight excluding hydrogens is 334 g/mol. The molecule has 0 saturated heterocycles. The highest BCUT2D eigenvalue weighted by atomic mass is 79.9. The number of carboxylic acids is 1. The summed E-state index contributed by atoms with van der Waals surface area (Å²) in [5.74, 6) is -1.05. The van der Waals surface area contributed by atoms with Gasteiger partial charge in [0.2, 0.25) is 0 Å². The minimum atomic E-state index is -1.01. The molecule has 1 aliphatic rings. The molecule has 1 atom stereocenters. The van der Waals surface area contributed by atoms with Crippen LogP contribution < -0.4 is 5.32 Å². The summed E-state index contributed by atoms with van der Waals surface area (Å²) in [6.45, 7) is 0. The molecule has 0 radical (unpaired) electrons. The molecule has 0 aromatic heterocycles. The van der Waals surface area contributed by atoms with Crippen molar-refractivity contribution in [2.45, 2.75) is 25.3 Å². The Morgan fingerprint density at radius 3 is 2.74 bits per heavy atom. The van der Waals surface area contributed by atoms with Crippen LogP contribution in [-0.4, -0.2) is 23.0 Å². The van der Waals surface area contributed by atoms with Crippen LogP contribution >= 0.6 is 27.5 Å². The van der Waals surface area contributed by atoms with Gasteiger partial charge in [0, 0.05) is 4.47 Å². The van der Waals surface area contributed by atoms with E-state index in [1.807, 2.05) is 0 Å². The van der Waals surface area contributed by atoms with Gasteiger partial charge in [-0.25, -0.2) is 4.79 Å². The highest BCUT2D eigenvalue weighted by molar-refractivity contribution is 9.10. The smallest absolute Gasteiger partial charge is 0.326 e. The molecule has 102 valence electrons. The predicted octanol–water partition coefficient (Wildman–Crippen LogP) is 3.09. The van der Waals surface area contributed by atoms with E-state index in [0.717, 1.165) is 17.3 Å². The minimum absolute atomic E-state index is 0.276. The molecule has 1 fully saturated rings. The second-order valence-corrected chi connectivity index (χ2v) is 5.99. The number of halogens is 2. The van der Waals surface area contributed by atoms with Gasteiger partial charge in [0.15, 0.2) is 0 Å². The molecule has 6 heteroatoms. The van der Waals surface area contributed by atoms with Gasteiger partial charge in [-0.05, 0) is 30.5 Å². The summed E-state index contributed by atoms with van der Waals surface area (Å²) in [4.78, 5) is 23.2. The first-order valence-corrected chi connectivity index (χ1v) is 7.13. The zero-order chi connectivity index (χ0) is 14.0. The SMILES string of the molecule is O=C(NC(CC1CC1)C(=O)O)c1cc(Br)ccc1Cl. The van der Waals surface area contributed by atoms with Gasteiger partial charge in [-0.2, -0.15) is 0 Å². The van der Waals surface area contributed by atoms with Crippen molar-refractivity contribution in [2.75, 3.05) is 0 Å². The minimum Gasteiger partial charge on any atom is -0.480 e. The van der Waals surface area contributed by atoms with Crippen LogP contribution in [0.15, 0.2) is 22.7 Å². The van der Waals surface area contributed by atoms with Crippen molar-refractivity contribution in [3.8, 4) is 0 Å². The van der Waals surface area contributed by atoms with E-state index >= 15 is 0 Å². The van der Waals surface area contributed by atoms with E-state index in [1.165, 1.54) is 0 Å². The largest absolute Gasteiger partial charge is 0.480 e. The normalized spacial score (nSPS) is 15.9. The summed E-state index contributed by atoms with van der Waals surface area (Å²) in [6, 6.07) is 4.04. The maximum Gasteiger partial charge on any atom is 0.326 e. The summed E-state index contributed by atoms with van der Waals surface area (Å²) in [6.07, 6.45) is 2.56. The van der Waals surface area contributed by atoms with E-state index < -0.39 is 17.9 Å². The number of carbonyl (C=O) groups excluding carboxylic acids is 1. The van der Waals surface area contributed by atoms with Crippen molar-refractivity contribution in [2.24, 2.45) is 5.92 Å². The van der Waals surface area contributed by atoms with Crippen molar-refractivity contribution < 1.29 is 14.7 Å². The highest BCUT2D eigenvalue weighted by Crippen LogP contribution is 2.33. The number of carboxylic acid groups (broad SMARTS) is 1. The Balaban J connectivity index is 2.09. The topological polar surface area (TPSA) is 66.4 Å². The van der Waals surface area contributed by atoms with Crippen molar-refractivity contribution in [1.29, 1.82) is 0 Å². The molecule has 4 nitrogen and oxygen atoms in total. The van der Waals surface area contributed by atoms with Crippen LogP contribution in [0.1, 0.15) is 29.6 Å². The zero-order valence-corrected chi connectivity index (χ0v) is 12.4.